The van der Waals surface area contributed by atoms with E-state index in [4.69, 9.17) is 9.84 Å². The molecule has 18 heavy (non-hydrogen) atoms. The van der Waals surface area contributed by atoms with Gasteiger partial charge in [-0.15, -0.1) is 0 Å². The van der Waals surface area contributed by atoms with Crippen molar-refractivity contribution in [3.8, 4) is 0 Å². The summed E-state index contributed by atoms with van der Waals surface area (Å²) in [5.74, 6) is -2.57. The molecule has 1 rings (SSSR count). The molecule has 0 amide bonds. The summed E-state index contributed by atoms with van der Waals surface area (Å²) in [6.07, 6.45) is -0.112. The first-order valence-corrected chi connectivity index (χ1v) is 5.55. The van der Waals surface area contributed by atoms with Crippen LogP contribution in [-0.4, -0.2) is 23.7 Å². The van der Waals surface area contributed by atoms with E-state index in [0.29, 0.717) is 5.56 Å². The van der Waals surface area contributed by atoms with Gasteiger partial charge in [0, 0.05) is 0 Å². The van der Waals surface area contributed by atoms with Gasteiger partial charge in [-0.2, -0.15) is 0 Å². The molecule has 0 spiro atoms. The van der Waals surface area contributed by atoms with Crippen molar-refractivity contribution in [1.29, 1.82) is 0 Å². The van der Waals surface area contributed by atoms with Gasteiger partial charge in [0.15, 0.2) is 5.41 Å². The summed E-state index contributed by atoms with van der Waals surface area (Å²) in [6, 6.07) is 5.51. The molecule has 1 aromatic carbocycles. The van der Waals surface area contributed by atoms with Crippen molar-refractivity contribution in [1.82, 2.24) is 0 Å². The minimum absolute atomic E-state index is 0.102. The molecule has 0 aromatic heterocycles. The maximum atomic E-state index is 13.0. The Balaban J connectivity index is 3.00. The van der Waals surface area contributed by atoms with Crippen LogP contribution in [0.2, 0.25) is 0 Å². The van der Waals surface area contributed by atoms with Gasteiger partial charge < -0.3 is 9.84 Å². The molecule has 0 saturated carbocycles. The van der Waals surface area contributed by atoms with Crippen molar-refractivity contribution in [3.63, 3.8) is 0 Å². The minimum atomic E-state index is -1.70. The Bertz CT molecular complexity index is 458. The Kier molecular flexibility index (Phi) is 4.42. The van der Waals surface area contributed by atoms with Gasteiger partial charge in [-0.3, -0.25) is 9.59 Å². The highest BCUT2D eigenvalue weighted by molar-refractivity contribution is 5.99. The lowest BCUT2D eigenvalue weighted by Gasteiger charge is -2.22. The molecule has 0 bridgehead atoms. The summed E-state index contributed by atoms with van der Waals surface area (Å²) in [5.41, 5.74) is -1.27. The summed E-state index contributed by atoms with van der Waals surface area (Å²) in [4.78, 5) is 22.9. The van der Waals surface area contributed by atoms with Gasteiger partial charge in [0.2, 0.25) is 0 Å². The van der Waals surface area contributed by atoms with Gasteiger partial charge in [-0.1, -0.05) is 12.1 Å². The van der Waals surface area contributed by atoms with E-state index in [-0.39, 0.29) is 13.0 Å². The number of aliphatic carboxylic acids is 1. The van der Waals surface area contributed by atoms with Crippen molar-refractivity contribution < 1.29 is 23.8 Å². The summed E-state index contributed by atoms with van der Waals surface area (Å²) in [6.45, 7) is 2.98. The molecule has 0 heterocycles. The molecule has 0 aliphatic heterocycles. The smallest absolute Gasteiger partial charge is 0.323 e. The van der Waals surface area contributed by atoms with Crippen LogP contribution >= 0.6 is 0 Å². The number of carbonyl (C=O) groups excluding carboxylic acids is 1. The first kappa shape index (κ1) is 14.2. The second kappa shape index (κ2) is 5.62. The third-order valence-corrected chi connectivity index (χ3v) is 2.64. The molecule has 0 fully saturated rings. The Morgan fingerprint density at radius 2 is 2.11 bits per heavy atom. The molecule has 0 aliphatic carbocycles. The lowest BCUT2D eigenvalue weighted by atomic mass is 9.83. The largest absolute Gasteiger partial charge is 0.480 e. The third-order valence-electron chi connectivity index (χ3n) is 2.64. The van der Waals surface area contributed by atoms with E-state index in [2.05, 4.69) is 0 Å². The highest BCUT2D eigenvalue weighted by Crippen LogP contribution is 2.25. The standard InChI is InChI=1S/C13H15FO4/c1-3-18-12(17)13(2,11(15)16)8-9-5-4-6-10(14)7-9/h4-7H,3,8H2,1-2H3,(H,15,16). The van der Waals surface area contributed by atoms with Crippen LogP contribution in [0.15, 0.2) is 24.3 Å². The zero-order valence-corrected chi connectivity index (χ0v) is 10.3. The summed E-state index contributed by atoms with van der Waals surface area (Å²) >= 11 is 0. The predicted octanol–water partition coefficient (Wildman–Crippen LogP) is 2.02. The van der Waals surface area contributed by atoms with E-state index in [0.717, 1.165) is 0 Å². The molecule has 0 aliphatic rings. The summed E-state index contributed by atoms with van der Waals surface area (Å²) < 4.78 is 17.8. The van der Waals surface area contributed by atoms with Crippen LogP contribution in [-0.2, 0) is 20.7 Å². The molecule has 4 nitrogen and oxygen atoms in total. The Hall–Kier alpha value is -1.91. The minimum Gasteiger partial charge on any atom is -0.480 e. The third kappa shape index (κ3) is 3.06. The van der Waals surface area contributed by atoms with Crippen LogP contribution < -0.4 is 0 Å². The zero-order chi connectivity index (χ0) is 13.8. The van der Waals surface area contributed by atoms with Crippen LogP contribution in [0.5, 0.6) is 0 Å². The van der Waals surface area contributed by atoms with Crippen molar-refractivity contribution in [3.05, 3.63) is 35.6 Å². The van der Waals surface area contributed by atoms with Crippen LogP contribution in [0.3, 0.4) is 0 Å². The van der Waals surface area contributed by atoms with Gasteiger partial charge in [-0.05, 0) is 38.0 Å². The molecule has 1 N–H and O–H groups in total. The molecule has 1 atom stereocenters. The Morgan fingerprint density at radius 3 is 2.61 bits per heavy atom. The van der Waals surface area contributed by atoms with Crippen molar-refractivity contribution >= 4 is 11.9 Å². The predicted molar refractivity (Wildman–Crippen MR) is 62.5 cm³/mol. The monoisotopic (exact) mass is 254 g/mol. The number of hydrogen-bond acceptors (Lipinski definition) is 3. The number of hydrogen-bond donors (Lipinski definition) is 1. The molecule has 0 radical (unpaired) electrons. The molecular formula is C13H15FO4. The molecule has 1 aromatic rings. The summed E-state index contributed by atoms with van der Waals surface area (Å²) in [7, 11) is 0. The van der Waals surface area contributed by atoms with Crippen LogP contribution in [0, 0.1) is 11.2 Å². The average Bonchev–Trinajstić information content (AvgIpc) is 2.28. The Morgan fingerprint density at radius 1 is 1.44 bits per heavy atom. The second-order valence-corrected chi connectivity index (χ2v) is 4.16. The summed E-state index contributed by atoms with van der Waals surface area (Å²) in [5, 5.41) is 9.17. The fourth-order valence-corrected chi connectivity index (χ4v) is 1.58. The Labute approximate surface area is 104 Å². The fourth-order valence-electron chi connectivity index (χ4n) is 1.58. The normalized spacial score (nSPS) is 13.7. The number of carboxylic acid groups (broad SMARTS) is 1. The van der Waals surface area contributed by atoms with Crippen molar-refractivity contribution in [2.24, 2.45) is 5.41 Å². The molecule has 0 saturated heterocycles. The van der Waals surface area contributed by atoms with Gasteiger partial charge in [0.05, 0.1) is 6.61 Å². The molecular weight excluding hydrogens is 239 g/mol. The van der Waals surface area contributed by atoms with Crippen molar-refractivity contribution in [2.45, 2.75) is 20.3 Å². The van der Waals surface area contributed by atoms with Gasteiger partial charge >= 0.3 is 11.9 Å². The molecule has 5 heteroatoms. The number of rotatable bonds is 5. The van der Waals surface area contributed by atoms with E-state index in [1.807, 2.05) is 0 Å². The number of esters is 1. The number of carboxylic acids is 1. The van der Waals surface area contributed by atoms with Gasteiger partial charge in [0.25, 0.3) is 0 Å². The van der Waals surface area contributed by atoms with Crippen LogP contribution in [0.1, 0.15) is 19.4 Å². The number of benzene rings is 1. The van der Waals surface area contributed by atoms with E-state index < -0.39 is 23.2 Å². The van der Waals surface area contributed by atoms with E-state index in [1.165, 1.54) is 25.1 Å². The zero-order valence-electron chi connectivity index (χ0n) is 10.3. The number of carbonyl (C=O) groups is 2. The topological polar surface area (TPSA) is 63.6 Å². The first-order chi connectivity index (χ1) is 8.40. The fraction of sp³-hybridized carbons (Fsp3) is 0.385. The maximum Gasteiger partial charge on any atom is 0.323 e. The van der Waals surface area contributed by atoms with Crippen LogP contribution in [0.25, 0.3) is 0 Å². The molecule has 98 valence electrons. The number of halogens is 1. The average molecular weight is 254 g/mol. The highest BCUT2D eigenvalue weighted by atomic mass is 19.1. The second-order valence-electron chi connectivity index (χ2n) is 4.16. The highest BCUT2D eigenvalue weighted by Gasteiger charge is 2.43. The first-order valence-electron chi connectivity index (χ1n) is 5.55. The number of ether oxygens (including phenoxy) is 1. The van der Waals surface area contributed by atoms with Crippen molar-refractivity contribution in [2.75, 3.05) is 6.61 Å². The van der Waals surface area contributed by atoms with E-state index in [9.17, 15) is 14.0 Å². The quantitative estimate of drug-likeness (QED) is 0.645. The van der Waals surface area contributed by atoms with E-state index in [1.54, 1.807) is 13.0 Å². The van der Waals surface area contributed by atoms with E-state index >= 15 is 0 Å². The lowest BCUT2D eigenvalue weighted by molar-refractivity contribution is -0.167. The van der Waals surface area contributed by atoms with Gasteiger partial charge in [0.1, 0.15) is 5.82 Å². The molecule has 1 unspecified atom stereocenters. The lowest BCUT2D eigenvalue weighted by Crippen LogP contribution is -2.40. The van der Waals surface area contributed by atoms with Gasteiger partial charge in [-0.25, -0.2) is 4.39 Å². The maximum absolute atomic E-state index is 13.0. The SMILES string of the molecule is CCOC(=O)C(C)(Cc1cccc(F)c1)C(=O)O. The van der Waals surface area contributed by atoms with Crippen LogP contribution in [0.4, 0.5) is 4.39 Å².